The summed E-state index contributed by atoms with van der Waals surface area (Å²) in [4.78, 5) is 11.0. The number of rotatable bonds is 11. The van der Waals surface area contributed by atoms with Gasteiger partial charge in [0.25, 0.3) is 0 Å². The quantitative estimate of drug-likeness (QED) is 0.403. The molecule has 0 bridgehead atoms. The second kappa shape index (κ2) is 10.5. The molecule has 0 saturated heterocycles. The Kier molecular flexibility index (Phi) is 8.77. The smallest absolute Gasteiger partial charge is 0.153 e. The number of benzene rings is 1. The van der Waals surface area contributed by atoms with E-state index in [0.29, 0.717) is 12.2 Å². The lowest BCUT2D eigenvalue weighted by Gasteiger charge is -2.11. The van der Waals surface area contributed by atoms with Crippen molar-refractivity contribution in [3.05, 3.63) is 29.3 Å². The topological polar surface area (TPSA) is 26.3 Å². The normalized spacial score (nSPS) is 10.5. The van der Waals surface area contributed by atoms with Crippen molar-refractivity contribution >= 4 is 6.29 Å². The van der Waals surface area contributed by atoms with E-state index in [0.717, 1.165) is 24.0 Å². The van der Waals surface area contributed by atoms with Crippen LogP contribution in [-0.4, -0.2) is 12.9 Å². The first-order valence-electron chi connectivity index (χ1n) is 7.97. The van der Waals surface area contributed by atoms with E-state index in [2.05, 4.69) is 6.92 Å². The van der Waals surface area contributed by atoms with Crippen LogP contribution in [0.2, 0.25) is 0 Å². The average molecular weight is 276 g/mol. The second-order valence-electron chi connectivity index (χ2n) is 5.43. The number of para-hydroxylation sites is 1. The molecule has 0 aliphatic rings. The molecule has 1 rings (SSSR count). The van der Waals surface area contributed by atoms with E-state index in [1.807, 2.05) is 25.1 Å². The van der Waals surface area contributed by atoms with Crippen molar-refractivity contribution < 1.29 is 9.53 Å². The van der Waals surface area contributed by atoms with Crippen LogP contribution in [0.15, 0.2) is 18.2 Å². The highest BCUT2D eigenvalue weighted by Gasteiger charge is 2.05. The Morgan fingerprint density at radius 2 is 1.65 bits per heavy atom. The number of hydrogen-bond acceptors (Lipinski definition) is 2. The maximum Gasteiger partial charge on any atom is 0.153 e. The summed E-state index contributed by atoms with van der Waals surface area (Å²) in [6, 6.07) is 5.68. The number of aryl methyl sites for hydroxylation is 1. The molecule has 0 fully saturated rings. The second-order valence-corrected chi connectivity index (χ2v) is 5.43. The lowest BCUT2D eigenvalue weighted by molar-refractivity contribution is 0.111. The maximum atomic E-state index is 11.0. The highest BCUT2D eigenvalue weighted by molar-refractivity contribution is 5.80. The highest BCUT2D eigenvalue weighted by atomic mass is 16.5. The number of hydrogen-bond donors (Lipinski definition) is 0. The van der Waals surface area contributed by atoms with Gasteiger partial charge in [-0.1, -0.05) is 64.0 Å². The van der Waals surface area contributed by atoms with E-state index in [1.165, 1.54) is 44.9 Å². The van der Waals surface area contributed by atoms with Crippen LogP contribution in [0.4, 0.5) is 0 Å². The van der Waals surface area contributed by atoms with Crippen molar-refractivity contribution in [3.8, 4) is 5.75 Å². The van der Waals surface area contributed by atoms with Gasteiger partial charge in [0.15, 0.2) is 6.29 Å². The van der Waals surface area contributed by atoms with Crippen LogP contribution < -0.4 is 4.74 Å². The third-order valence-corrected chi connectivity index (χ3v) is 3.61. The molecule has 112 valence electrons. The lowest BCUT2D eigenvalue weighted by Crippen LogP contribution is -2.01. The first kappa shape index (κ1) is 16.7. The molecule has 0 N–H and O–H groups in total. The van der Waals surface area contributed by atoms with Crippen LogP contribution in [0, 0.1) is 6.92 Å². The average Bonchev–Trinajstić information content (AvgIpc) is 2.46. The Balaban J connectivity index is 2.14. The van der Waals surface area contributed by atoms with Crippen molar-refractivity contribution in [1.82, 2.24) is 0 Å². The molecule has 1 aromatic rings. The lowest BCUT2D eigenvalue weighted by atomic mass is 10.1. The SMILES string of the molecule is CCCCCCCCCCOc1c(C)cccc1C=O. The van der Waals surface area contributed by atoms with E-state index < -0.39 is 0 Å². The summed E-state index contributed by atoms with van der Waals surface area (Å²) in [5.74, 6) is 0.755. The molecular formula is C18H28O2. The third-order valence-electron chi connectivity index (χ3n) is 3.61. The molecule has 0 heterocycles. The monoisotopic (exact) mass is 276 g/mol. The van der Waals surface area contributed by atoms with Gasteiger partial charge >= 0.3 is 0 Å². The Bertz CT molecular complexity index is 385. The van der Waals surface area contributed by atoms with E-state index in [4.69, 9.17) is 4.74 Å². The van der Waals surface area contributed by atoms with Gasteiger partial charge in [-0.3, -0.25) is 4.79 Å². The standard InChI is InChI=1S/C18H28O2/c1-3-4-5-6-7-8-9-10-14-20-18-16(2)12-11-13-17(18)15-19/h11-13,15H,3-10,14H2,1-2H3. The minimum absolute atomic E-state index is 0.657. The first-order chi connectivity index (χ1) is 9.79. The van der Waals surface area contributed by atoms with Crippen LogP contribution >= 0.6 is 0 Å². The zero-order valence-electron chi connectivity index (χ0n) is 13.0. The van der Waals surface area contributed by atoms with E-state index in [9.17, 15) is 4.79 Å². The predicted molar refractivity (Wildman–Crippen MR) is 84.7 cm³/mol. The molecule has 0 atom stereocenters. The molecule has 0 amide bonds. The Labute approximate surface area is 123 Å². The van der Waals surface area contributed by atoms with Crippen LogP contribution in [0.5, 0.6) is 5.75 Å². The van der Waals surface area contributed by atoms with Crippen LogP contribution in [-0.2, 0) is 0 Å². The van der Waals surface area contributed by atoms with E-state index in [1.54, 1.807) is 0 Å². The number of carbonyl (C=O) groups is 1. The van der Waals surface area contributed by atoms with Crippen LogP contribution in [0.3, 0.4) is 0 Å². The van der Waals surface area contributed by atoms with Crippen molar-refractivity contribution in [1.29, 1.82) is 0 Å². The zero-order valence-corrected chi connectivity index (χ0v) is 13.0. The number of aldehydes is 1. The third kappa shape index (κ3) is 6.23. The summed E-state index contributed by atoms with van der Waals surface area (Å²) in [7, 11) is 0. The van der Waals surface area contributed by atoms with Crippen LogP contribution in [0.1, 0.15) is 74.2 Å². The molecule has 2 heteroatoms. The fourth-order valence-electron chi connectivity index (χ4n) is 2.38. The first-order valence-corrected chi connectivity index (χ1v) is 7.97. The van der Waals surface area contributed by atoms with E-state index >= 15 is 0 Å². The van der Waals surface area contributed by atoms with Gasteiger partial charge in [-0.15, -0.1) is 0 Å². The molecule has 1 aromatic carbocycles. The number of unbranched alkanes of at least 4 members (excludes halogenated alkanes) is 7. The predicted octanol–water partition coefficient (Wildman–Crippen LogP) is 5.33. The molecule has 20 heavy (non-hydrogen) atoms. The van der Waals surface area contributed by atoms with Gasteiger partial charge in [0, 0.05) is 0 Å². The minimum atomic E-state index is 0.657. The summed E-state index contributed by atoms with van der Waals surface area (Å²) in [6.07, 6.45) is 11.2. The summed E-state index contributed by atoms with van der Waals surface area (Å²) < 4.78 is 5.77. The van der Waals surface area contributed by atoms with Gasteiger partial charge in [0.05, 0.1) is 12.2 Å². The molecule has 0 aliphatic carbocycles. The number of carbonyl (C=O) groups excluding carboxylic acids is 1. The Hall–Kier alpha value is -1.31. The molecule has 2 nitrogen and oxygen atoms in total. The summed E-state index contributed by atoms with van der Waals surface area (Å²) in [5.41, 5.74) is 1.69. The highest BCUT2D eigenvalue weighted by Crippen LogP contribution is 2.22. The molecule has 0 spiro atoms. The van der Waals surface area contributed by atoms with Gasteiger partial charge in [-0.05, 0) is 25.0 Å². The Morgan fingerprint density at radius 1 is 1.00 bits per heavy atom. The summed E-state index contributed by atoms with van der Waals surface area (Å²) >= 11 is 0. The van der Waals surface area contributed by atoms with Gasteiger partial charge in [0.2, 0.25) is 0 Å². The largest absolute Gasteiger partial charge is 0.493 e. The minimum Gasteiger partial charge on any atom is -0.493 e. The van der Waals surface area contributed by atoms with Crippen molar-refractivity contribution in [2.45, 2.75) is 65.2 Å². The van der Waals surface area contributed by atoms with Gasteiger partial charge in [0.1, 0.15) is 5.75 Å². The van der Waals surface area contributed by atoms with Crippen molar-refractivity contribution in [2.24, 2.45) is 0 Å². The molecule has 0 aliphatic heterocycles. The molecule has 0 unspecified atom stereocenters. The maximum absolute atomic E-state index is 11.0. The van der Waals surface area contributed by atoms with Crippen LogP contribution in [0.25, 0.3) is 0 Å². The molecule has 0 radical (unpaired) electrons. The Morgan fingerprint density at radius 3 is 2.30 bits per heavy atom. The fourth-order valence-corrected chi connectivity index (χ4v) is 2.38. The van der Waals surface area contributed by atoms with Gasteiger partial charge < -0.3 is 4.74 Å². The summed E-state index contributed by atoms with van der Waals surface area (Å²) in [5, 5.41) is 0. The fraction of sp³-hybridized carbons (Fsp3) is 0.611. The van der Waals surface area contributed by atoms with Gasteiger partial charge in [-0.25, -0.2) is 0 Å². The summed E-state index contributed by atoms with van der Waals surface area (Å²) in [6.45, 7) is 4.94. The molecule has 0 saturated carbocycles. The number of ether oxygens (including phenoxy) is 1. The van der Waals surface area contributed by atoms with Crippen molar-refractivity contribution in [2.75, 3.05) is 6.61 Å². The van der Waals surface area contributed by atoms with Crippen molar-refractivity contribution in [3.63, 3.8) is 0 Å². The van der Waals surface area contributed by atoms with Gasteiger partial charge in [-0.2, -0.15) is 0 Å². The zero-order chi connectivity index (χ0) is 14.6. The van der Waals surface area contributed by atoms with E-state index in [-0.39, 0.29) is 0 Å². The molecule has 0 aromatic heterocycles. The molecular weight excluding hydrogens is 248 g/mol.